The minimum atomic E-state index is -3.22. The maximum absolute atomic E-state index is 12.4. The van der Waals surface area contributed by atoms with E-state index in [0.29, 0.717) is 23.8 Å². The quantitative estimate of drug-likeness (QED) is 0.863. The molecule has 0 saturated heterocycles. The number of hydrogen-bond donors (Lipinski definition) is 1. The molecule has 1 N–H and O–H groups in total. The van der Waals surface area contributed by atoms with Gasteiger partial charge in [0.25, 0.3) is 0 Å². The van der Waals surface area contributed by atoms with E-state index in [2.05, 4.69) is 19.2 Å². The van der Waals surface area contributed by atoms with Crippen molar-refractivity contribution in [1.82, 2.24) is 5.32 Å². The summed E-state index contributed by atoms with van der Waals surface area (Å²) in [6.45, 7) is 6.59. The topological polar surface area (TPSA) is 46.2 Å². The Morgan fingerprint density at radius 1 is 1.17 bits per heavy atom. The van der Waals surface area contributed by atoms with Crippen molar-refractivity contribution in [2.45, 2.75) is 43.3 Å². The summed E-state index contributed by atoms with van der Waals surface area (Å²) in [5.74, 6) is 0.418. The van der Waals surface area contributed by atoms with E-state index < -0.39 is 9.84 Å². The Hall–Kier alpha value is -0.870. The Labute approximate surface area is 111 Å². The maximum Gasteiger partial charge on any atom is 0.182 e. The lowest BCUT2D eigenvalue weighted by Crippen LogP contribution is -2.31. The van der Waals surface area contributed by atoms with Crippen LogP contribution in [0.3, 0.4) is 0 Å². The van der Waals surface area contributed by atoms with Crippen LogP contribution in [0.5, 0.6) is 0 Å². The van der Waals surface area contributed by atoms with Gasteiger partial charge >= 0.3 is 0 Å². The maximum atomic E-state index is 12.4. The highest BCUT2D eigenvalue weighted by Gasteiger charge is 2.25. The van der Waals surface area contributed by atoms with Gasteiger partial charge in [-0.15, -0.1) is 0 Å². The fourth-order valence-corrected chi connectivity index (χ4v) is 3.66. The van der Waals surface area contributed by atoms with E-state index in [4.69, 9.17) is 0 Å². The zero-order chi connectivity index (χ0) is 13.8. The summed E-state index contributed by atoms with van der Waals surface area (Å²) < 4.78 is 24.8. The highest BCUT2D eigenvalue weighted by atomic mass is 32.2. The van der Waals surface area contributed by atoms with Gasteiger partial charge in [0, 0.05) is 6.54 Å². The molecule has 1 aromatic carbocycles. The van der Waals surface area contributed by atoms with Gasteiger partial charge in [0.05, 0.1) is 10.1 Å². The predicted octanol–water partition coefficient (Wildman–Crippen LogP) is 2.58. The molecule has 0 bridgehead atoms. The van der Waals surface area contributed by atoms with E-state index >= 15 is 0 Å². The first kappa shape index (κ1) is 15.2. The molecule has 0 spiro atoms. The third kappa shape index (κ3) is 3.33. The van der Waals surface area contributed by atoms with Crippen LogP contribution in [-0.2, 0) is 9.84 Å². The Kier molecular flexibility index (Phi) is 5.35. The molecule has 102 valence electrons. The lowest BCUT2D eigenvalue weighted by atomic mass is 10.0. The smallest absolute Gasteiger partial charge is 0.182 e. The van der Waals surface area contributed by atoms with Crippen molar-refractivity contribution in [3.63, 3.8) is 0 Å². The van der Waals surface area contributed by atoms with Gasteiger partial charge in [0.15, 0.2) is 9.84 Å². The van der Waals surface area contributed by atoms with Crippen molar-refractivity contribution in [1.29, 1.82) is 0 Å². The van der Waals surface area contributed by atoms with Crippen LogP contribution in [0.25, 0.3) is 0 Å². The van der Waals surface area contributed by atoms with Gasteiger partial charge in [-0.2, -0.15) is 0 Å². The molecule has 1 rings (SSSR count). The van der Waals surface area contributed by atoms with Crippen molar-refractivity contribution >= 4 is 9.84 Å². The average Bonchev–Trinajstić information content (AvgIpc) is 2.35. The number of benzene rings is 1. The van der Waals surface area contributed by atoms with Gasteiger partial charge in [-0.05, 0) is 37.1 Å². The predicted molar refractivity (Wildman–Crippen MR) is 75.7 cm³/mol. The molecule has 0 amide bonds. The van der Waals surface area contributed by atoms with Gasteiger partial charge in [-0.1, -0.05) is 32.9 Å². The molecule has 0 aliphatic heterocycles. The lowest BCUT2D eigenvalue weighted by molar-refractivity contribution is 0.568. The second-order valence-electron chi connectivity index (χ2n) is 4.86. The van der Waals surface area contributed by atoms with Crippen LogP contribution in [0.15, 0.2) is 29.2 Å². The van der Waals surface area contributed by atoms with Crippen molar-refractivity contribution in [2.24, 2.45) is 0 Å². The fraction of sp³-hybridized carbons (Fsp3) is 0.571. The molecule has 0 aliphatic carbocycles. The largest absolute Gasteiger partial charge is 0.318 e. The Bertz CT molecular complexity index is 463. The molecule has 0 heterocycles. The number of sulfone groups is 1. The summed E-state index contributed by atoms with van der Waals surface area (Å²) in [5, 5.41) is 2.59. The van der Waals surface area contributed by atoms with Gasteiger partial charge in [0.2, 0.25) is 0 Å². The second-order valence-corrected chi connectivity index (χ2v) is 7.08. The van der Waals surface area contributed by atoms with Crippen LogP contribution >= 0.6 is 0 Å². The van der Waals surface area contributed by atoms with Gasteiger partial charge in [-0.3, -0.25) is 0 Å². The van der Waals surface area contributed by atoms with Crippen LogP contribution in [-0.4, -0.2) is 27.3 Å². The summed E-state index contributed by atoms with van der Waals surface area (Å²) in [5.41, 5.74) is 1.16. The molecule has 0 saturated carbocycles. The summed E-state index contributed by atoms with van der Waals surface area (Å²) in [7, 11) is -1.44. The molecular formula is C14H23NO2S. The molecule has 0 radical (unpaired) electrons. The normalized spacial score (nSPS) is 13.8. The Balaban J connectivity index is 3.04. The van der Waals surface area contributed by atoms with Crippen molar-refractivity contribution in [3.8, 4) is 0 Å². The summed E-state index contributed by atoms with van der Waals surface area (Å²) in [4.78, 5) is 0.425. The number of hydrogen-bond acceptors (Lipinski definition) is 3. The first-order chi connectivity index (χ1) is 8.43. The Morgan fingerprint density at radius 2 is 1.72 bits per heavy atom. The fourth-order valence-electron chi connectivity index (χ4n) is 1.94. The van der Waals surface area contributed by atoms with Crippen LogP contribution < -0.4 is 5.32 Å². The molecule has 4 heteroatoms. The van der Waals surface area contributed by atoms with Gasteiger partial charge in [0.1, 0.15) is 0 Å². The van der Waals surface area contributed by atoms with Crippen molar-refractivity contribution in [3.05, 3.63) is 29.8 Å². The number of nitrogens with one attached hydrogen (secondary N) is 1. The first-order valence-corrected chi connectivity index (χ1v) is 7.96. The molecular weight excluding hydrogens is 246 g/mol. The SMILES string of the molecule is CCC(CNC)S(=O)(=O)c1ccc(C(C)C)cc1. The third-order valence-electron chi connectivity index (χ3n) is 3.20. The molecule has 0 fully saturated rings. The minimum absolute atomic E-state index is 0.354. The highest BCUT2D eigenvalue weighted by Crippen LogP contribution is 2.21. The third-order valence-corrected chi connectivity index (χ3v) is 5.51. The average molecular weight is 269 g/mol. The molecule has 3 nitrogen and oxygen atoms in total. The van der Waals surface area contributed by atoms with Crippen LogP contribution in [0.2, 0.25) is 0 Å². The van der Waals surface area contributed by atoms with Crippen molar-refractivity contribution in [2.75, 3.05) is 13.6 Å². The molecule has 0 aromatic heterocycles. The van der Waals surface area contributed by atoms with E-state index in [-0.39, 0.29) is 5.25 Å². The Morgan fingerprint density at radius 3 is 2.11 bits per heavy atom. The summed E-state index contributed by atoms with van der Waals surface area (Å²) in [6, 6.07) is 7.26. The van der Waals surface area contributed by atoms with E-state index in [9.17, 15) is 8.42 Å². The molecule has 18 heavy (non-hydrogen) atoms. The second kappa shape index (κ2) is 6.34. The standard InChI is InChI=1S/C14H23NO2S/c1-5-13(10-15-4)18(16,17)14-8-6-12(7-9-14)11(2)3/h6-9,11,13,15H,5,10H2,1-4H3. The molecule has 0 aliphatic rings. The summed E-state index contributed by atoms with van der Waals surface area (Å²) >= 11 is 0. The van der Waals surface area contributed by atoms with Crippen molar-refractivity contribution < 1.29 is 8.42 Å². The lowest BCUT2D eigenvalue weighted by Gasteiger charge is -2.16. The van der Waals surface area contributed by atoms with Gasteiger partial charge < -0.3 is 5.32 Å². The van der Waals surface area contributed by atoms with Crippen LogP contribution in [0.4, 0.5) is 0 Å². The summed E-state index contributed by atoms with van der Waals surface area (Å²) in [6.07, 6.45) is 0.620. The molecule has 1 atom stereocenters. The van der Waals surface area contributed by atoms with Gasteiger partial charge in [-0.25, -0.2) is 8.42 Å². The zero-order valence-electron chi connectivity index (χ0n) is 11.6. The van der Waals surface area contributed by atoms with E-state index in [1.165, 1.54) is 0 Å². The highest BCUT2D eigenvalue weighted by molar-refractivity contribution is 7.92. The first-order valence-electron chi connectivity index (χ1n) is 6.42. The molecule has 1 aromatic rings. The van der Waals surface area contributed by atoms with E-state index in [1.807, 2.05) is 19.1 Å². The molecule has 1 unspecified atom stereocenters. The zero-order valence-corrected chi connectivity index (χ0v) is 12.4. The number of rotatable bonds is 6. The van der Waals surface area contributed by atoms with E-state index in [0.717, 1.165) is 5.56 Å². The van der Waals surface area contributed by atoms with Crippen LogP contribution in [0, 0.1) is 0 Å². The van der Waals surface area contributed by atoms with Crippen LogP contribution in [0.1, 0.15) is 38.7 Å². The minimum Gasteiger partial charge on any atom is -0.318 e. The van der Waals surface area contributed by atoms with E-state index in [1.54, 1.807) is 19.2 Å². The monoisotopic (exact) mass is 269 g/mol.